The predicted octanol–water partition coefficient (Wildman–Crippen LogP) is 1.64. The third-order valence-corrected chi connectivity index (χ3v) is 3.08. The minimum absolute atomic E-state index is 0.0376. The lowest BCUT2D eigenvalue weighted by Crippen LogP contribution is -2.36. The number of likely N-dealkylation sites (tertiary alicyclic amines) is 1. The van der Waals surface area contributed by atoms with Gasteiger partial charge in [0.25, 0.3) is 0 Å². The second-order valence-electron chi connectivity index (χ2n) is 4.12. The fourth-order valence-corrected chi connectivity index (χ4v) is 2.23. The lowest BCUT2D eigenvalue weighted by Gasteiger charge is -2.30. The molecule has 0 radical (unpaired) electrons. The van der Waals surface area contributed by atoms with Crippen LogP contribution in [0.3, 0.4) is 0 Å². The van der Waals surface area contributed by atoms with E-state index in [0.29, 0.717) is 11.4 Å². The zero-order valence-electron chi connectivity index (χ0n) is 8.89. The van der Waals surface area contributed by atoms with Gasteiger partial charge in [0.05, 0.1) is 5.70 Å². The van der Waals surface area contributed by atoms with E-state index in [0.717, 1.165) is 31.6 Å². The maximum atomic E-state index is 12.1. The summed E-state index contributed by atoms with van der Waals surface area (Å²) in [5.41, 5.74) is 1.73. The summed E-state index contributed by atoms with van der Waals surface area (Å²) >= 11 is 0. The van der Waals surface area contributed by atoms with Crippen LogP contribution in [0.25, 0.3) is 0 Å². The van der Waals surface area contributed by atoms with Crippen LogP contribution in [0.15, 0.2) is 39.0 Å². The molecule has 2 heterocycles. The number of rotatable bonds is 1. The molecule has 2 aliphatic heterocycles. The molecule has 5 heteroatoms. The van der Waals surface area contributed by atoms with Crippen molar-refractivity contribution in [1.29, 1.82) is 0 Å². The second-order valence-corrected chi connectivity index (χ2v) is 4.12. The normalized spacial score (nSPS) is 23.9. The van der Waals surface area contributed by atoms with Crippen molar-refractivity contribution in [3.8, 4) is 0 Å². The summed E-state index contributed by atoms with van der Waals surface area (Å²) in [5.74, 6) is -0.0376. The van der Waals surface area contributed by atoms with Crippen molar-refractivity contribution in [2.75, 3.05) is 13.1 Å². The predicted molar refractivity (Wildman–Crippen MR) is 58.9 cm³/mol. The third-order valence-electron chi connectivity index (χ3n) is 3.08. The van der Waals surface area contributed by atoms with Crippen LogP contribution in [0.5, 0.6) is 0 Å². The molecule has 0 N–H and O–H groups in total. The minimum atomic E-state index is -0.0376. The van der Waals surface area contributed by atoms with E-state index in [9.17, 15) is 4.79 Å². The Bertz CT molecular complexity index is 453. The zero-order chi connectivity index (χ0) is 11.0. The van der Waals surface area contributed by atoms with Crippen molar-refractivity contribution in [3.63, 3.8) is 0 Å². The van der Waals surface area contributed by atoms with Gasteiger partial charge in [0.2, 0.25) is 5.78 Å². The molecule has 0 aromatic heterocycles. The molecule has 3 rings (SSSR count). The van der Waals surface area contributed by atoms with Crippen molar-refractivity contribution in [3.05, 3.63) is 23.5 Å². The number of hydrogen-bond acceptors (Lipinski definition) is 5. The van der Waals surface area contributed by atoms with Gasteiger partial charge in [0.15, 0.2) is 5.71 Å². The molecule has 16 heavy (non-hydrogen) atoms. The van der Waals surface area contributed by atoms with Crippen LogP contribution in [-0.4, -0.2) is 29.5 Å². The quantitative estimate of drug-likeness (QED) is 0.626. The highest BCUT2D eigenvalue weighted by Crippen LogP contribution is 2.23. The van der Waals surface area contributed by atoms with Gasteiger partial charge in [0.1, 0.15) is 5.70 Å². The highest BCUT2D eigenvalue weighted by atomic mass is 16.1. The molecule has 0 aromatic rings. The summed E-state index contributed by atoms with van der Waals surface area (Å²) in [4.78, 5) is 14.2. The third kappa shape index (κ3) is 1.39. The van der Waals surface area contributed by atoms with E-state index in [4.69, 9.17) is 0 Å². The van der Waals surface area contributed by atoms with Gasteiger partial charge in [-0.1, -0.05) is 0 Å². The van der Waals surface area contributed by atoms with Gasteiger partial charge in [-0.25, -0.2) is 0 Å². The average molecular weight is 216 g/mol. The Hall–Kier alpha value is -1.78. The summed E-state index contributed by atoms with van der Waals surface area (Å²) in [6.07, 6.45) is 7.22. The number of piperidine rings is 1. The number of fused-ring (bicyclic) bond motifs is 1. The Morgan fingerprint density at radius 3 is 2.75 bits per heavy atom. The first-order valence-corrected chi connectivity index (χ1v) is 5.57. The van der Waals surface area contributed by atoms with Crippen LogP contribution in [-0.2, 0) is 4.79 Å². The summed E-state index contributed by atoms with van der Waals surface area (Å²) < 4.78 is 0. The standard InChI is InChI=1S/C11H12N4O/c16-11-9(15-6-2-1-3-7-15)5-4-8-10(11)13-14-12-8/h4-5H,1-3,6-7H2. The smallest absolute Gasteiger partial charge is 0.231 e. The molecule has 1 saturated heterocycles. The van der Waals surface area contributed by atoms with E-state index in [1.807, 2.05) is 12.2 Å². The highest BCUT2D eigenvalue weighted by Gasteiger charge is 2.30. The Balaban J connectivity index is 1.89. The Labute approximate surface area is 93.2 Å². The zero-order valence-corrected chi connectivity index (χ0v) is 8.89. The number of carbonyl (C=O) groups excluding carboxylic acids is 1. The lowest BCUT2D eigenvalue weighted by molar-refractivity contribution is -0.111. The van der Waals surface area contributed by atoms with E-state index in [1.165, 1.54) is 6.42 Å². The molecule has 82 valence electrons. The second kappa shape index (κ2) is 3.66. The maximum absolute atomic E-state index is 12.1. The molecule has 0 bridgehead atoms. The van der Waals surface area contributed by atoms with Gasteiger partial charge in [-0.15, -0.1) is 10.2 Å². The van der Waals surface area contributed by atoms with Crippen molar-refractivity contribution in [2.45, 2.75) is 19.3 Å². The first-order chi connectivity index (χ1) is 7.86. The van der Waals surface area contributed by atoms with E-state index >= 15 is 0 Å². The number of nitrogens with zero attached hydrogens (tertiary/aromatic N) is 4. The van der Waals surface area contributed by atoms with Crippen LogP contribution in [0, 0.1) is 0 Å². The molecule has 0 saturated carbocycles. The van der Waals surface area contributed by atoms with Gasteiger partial charge in [0, 0.05) is 13.1 Å². The molecule has 0 atom stereocenters. The molecule has 0 aromatic carbocycles. The highest BCUT2D eigenvalue weighted by molar-refractivity contribution is 6.52. The van der Waals surface area contributed by atoms with Crippen molar-refractivity contribution in [1.82, 2.24) is 4.90 Å². The van der Waals surface area contributed by atoms with Crippen LogP contribution in [0.4, 0.5) is 0 Å². The largest absolute Gasteiger partial charge is 0.368 e. The monoisotopic (exact) mass is 216 g/mol. The maximum Gasteiger partial charge on any atom is 0.231 e. The van der Waals surface area contributed by atoms with Crippen molar-refractivity contribution >= 4 is 11.5 Å². The van der Waals surface area contributed by atoms with E-state index in [-0.39, 0.29) is 5.78 Å². The Kier molecular flexibility index (Phi) is 2.16. The van der Waals surface area contributed by atoms with Gasteiger partial charge in [-0.2, -0.15) is 0 Å². The average Bonchev–Trinajstić information content (AvgIpc) is 2.80. The van der Waals surface area contributed by atoms with Crippen molar-refractivity contribution in [2.24, 2.45) is 15.4 Å². The van der Waals surface area contributed by atoms with Crippen LogP contribution in [0.1, 0.15) is 19.3 Å². The van der Waals surface area contributed by atoms with Crippen LogP contribution < -0.4 is 0 Å². The lowest BCUT2D eigenvalue weighted by atomic mass is 10.0. The molecule has 1 fully saturated rings. The molecular weight excluding hydrogens is 204 g/mol. The minimum Gasteiger partial charge on any atom is -0.368 e. The number of carbonyl (C=O) groups is 1. The van der Waals surface area contributed by atoms with Crippen molar-refractivity contribution < 1.29 is 4.79 Å². The van der Waals surface area contributed by atoms with E-state index in [2.05, 4.69) is 20.3 Å². The number of allylic oxidation sites excluding steroid dienone is 4. The summed E-state index contributed by atoms with van der Waals surface area (Å²) in [6, 6.07) is 0. The topological polar surface area (TPSA) is 57.4 Å². The number of Topliss-reactive ketones (excluding diaryl/α,β-unsaturated/α-hetero) is 1. The van der Waals surface area contributed by atoms with Gasteiger partial charge in [-0.05, 0) is 36.6 Å². The van der Waals surface area contributed by atoms with Gasteiger partial charge >= 0.3 is 0 Å². The van der Waals surface area contributed by atoms with Gasteiger partial charge in [-0.3, -0.25) is 4.79 Å². The molecular formula is C11H12N4O. The summed E-state index contributed by atoms with van der Waals surface area (Å²) in [6.45, 7) is 1.92. The molecule has 0 unspecified atom stereocenters. The molecule has 5 nitrogen and oxygen atoms in total. The van der Waals surface area contributed by atoms with Crippen LogP contribution >= 0.6 is 0 Å². The summed E-state index contributed by atoms with van der Waals surface area (Å²) in [5, 5.41) is 11.1. The SMILES string of the molecule is O=C1C(N2CCCCC2)=CC=C2N=NN=C12. The fraction of sp³-hybridized carbons (Fsp3) is 0.455. The summed E-state index contributed by atoms with van der Waals surface area (Å²) in [7, 11) is 0. The number of hydrogen-bond donors (Lipinski definition) is 0. The first kappa shape index (κ1) is 9.45. The molecule has 0 spiro atoms. The van der Waals surface area contributed by atoms with Crippen LogP contribution in [0.2, 0.25) is 0 Å². The Morgan fingerprint density at radius 2 is 1.94 bits per heavy atom. The molecule has 3 aliphatic rings. The molecule has 0 amide bonds. The van der Waals surface area contributed by atoms with E-state index < -0.39 is 0 Å². The fourth-order valence-electron chi connectivity index (χ4n) is 2.23. The van der Waals surface area contributed by atoms with Gasteiger partial charge < -0.3 is 4.90 Å². The Morgan fingerprint density at radius 1 is 1.12 bits per heavy atom. The first-order valence-electron chi connectivity index (χ1n) is 5.57. The molecule has 1 aliphatic carbocycles. The number of ketones is 1. The van der Waals surface area contributed by atoms with E-state index in [1.54, 1.807) is 0 Å².